The van der Waals surface area contributed by atoms with Gasteiger partial charge in [0, 0.05) is 18.3 Å². The van der Waals surface area contributed by atoms with E-state index in [0.717, 1.165) is 16.8 Å². The summed E-state index contributed by atoms with van der Waals surface area (Å²) in [6.45, 7) is 6.89. The molecule has 2 N–H and O–H groups in total. The highest BCUT2D eigenvalue weighted by atomic mass is 16.1. The lowest BCUT2D eigenvalue weighted by molar-refractivity contribution is 0.102. The third kappa shape index (κ3) is 4.91. The Morgan fingerprint density at radius 2 is 1.78 bits per heavy atom. The topological polar surface area (TPSA) is 66.9 Å². The van der Waals surface area contributed by atoms with E-state index in [9.17, 15) is 4.79 Å². The summed E-state index contributed by atoms with van der Waals surface area (Å²) in [5.41, 5.74) is 4.61. The monoisotopic (exact) mass is 360 g/mol. The van der Waals surface area contributed by atoms with E-state index in [2.05, 4.69) is 65.6 Å². The summed E-state index contributed by atoms with van der Waals surface area (Å²) < 4.78 is 0. The molecule has 5 nitrogen and oxygen atoms in total. The van der Waals surface area contributed by atoms with Gasteiger partial charge in [-0.15, -0.1) is 0 Å². The molecule has 0 saturated heterocycles. The van der Waals surface area contributed by atoms with Crippen molar-refractivity contribution in [1.82, 2.24) is 9.97 Å². The van der Waals surface area contributed by atoms with Gasteiger partial charge in [0.15, 0.2) is 0 Å². The van der Waals surface area contributed by atoms with E-state index in [1.807, 2.05) is 24.3 Å². The van der Waals surface area contributed by atoms with Crippen LogP contribution in [0.25, 0.3) is 0 Å². The van der Waals surface area contributed by atoms with Crippen LogP contribution in [0.5, 0.6) is 0 Å². The van der Waals surface area contributed by atoms with Crippen LogP contribution in [0.3, 0.4) is 0 Å². The first-order valence-corrected chi connectivity index (χ1v) is 9.04. The summed E-state index contributed by atoms with van der Waals surface area (Å²) in [6.07, 6.45) is 1.40. The molecule has 27 heavy (non-hydrogen) atoms. The van der Waals surface area contributed by atoms with Crippen molar-refractivity contribution in [3.8, 4) is 0 Å². The molecule has 0 aliphatic rings. The highest BCUT2D eigenvalue weighted by Crippen LogP contribution is 2.24. The number of aromatic nitrogens is 2. The molecule has 3 rings (SSSR count). The third-order valence-corrected chi connectivity index (χ3v) is 4.32. The molecular weight excluding hydrogens is 336 g/mol. The first-order chi connectivity index (χ1) is 13.0. The van der Waals surface area contributed by atoms with E-state index in [1.54, 1.807) is 6.07 Å². The van der Waals surface area contributed by atoms with Gasteiger partial charge in [-0.05, 0) is 30.0 Å². The van der Waals surface area contributed by atoms with Crippen LogP contribution in [0.2, 0.25) is 0 Å². The Balaban J connectivity index is 1.69. The van der Waals surface area contributed by atoms with Gasteiger partial charge in [0.05, 0.1) is 0 Å². The first kappa shape index (κ1) is 18.6. The van der Waals surface area contributed by atoms with Gasteiger partial charge in [0.1, 0.15) is 17.8 Å². The maximum Gasteiger partial charge on any atom is 0.274 e. The lowest BCUT2D eigenvalue weighted by Crippen LogP contribution is -2.16. The van der Waals surface area contributed by atoms with Crippen LogP contribution >= 0.6 is 0 Å². The highest BCUT2D eigenvalue weighted by Gasteiger charge is 2.12. The number of amides is 1. The van der Waals surface area contributed by atoms with Gasteiger partial charge in [-0.25, -0.2) is 9.97 Å². The summed E-state index contributed by atoms with van der Waals surface area (Å²) in [7, 11) is 0. The Kier molecular flexibility index (Phi) is 5.81. The second kappa shape index (κ2) is 8.45. The number of hydrogen-bond acceptors (Lipinski definition) is 4. The zero-order chi connectivity index (χ0) is 19.2. The molecule has 0 bridgehead atoms. The Morgan fingerprint density at radius 3 is 2.52 bits per heavy atom. The number of hydrogen-bond donors (Lipinski definition) is 2. The van der Waals surface area contributed by atoms with E-state index in [0.29, 0.717) is 24.0 Å². The summed E-state index contributed by atoms with van der Waals surface area (Å²) in [4.78, 5) is 20.9. The highest BCUT2D eigenvalue weighted by molar-refractivity contribution is 6.03. The number of anilines is 2. The zero-order valence-corrected chi connectivity index (χ0v) is 15.9. The fourth-order valence-electron chi connectivity index (χ4n) is 2.78. The lowest BCUT2D eigenvalue weighted by atomic mass is 10.0. The predicted octanol–water partition coefficient (Wildman–Crippen LogP) is 4.77. The zero-order valence-electron chi connectivity index (χ0n) is 15.9. The molecule has 2 aromatic carbocycles. The van der Waals surface area contributed by atoms with Gasteiger partial charge in [-0.1, -0.05) is 61.9 Å². The average molecular weight is 360 g/mol. The molecule has 3 aromatic rings. The summed E-state index contributed by atoms with van der Waals surface area (Å²) in [5, 5.41) is 6.20. The molecule has 0 atom stereocenters. The average Bonchev–Trinajstić information content (AvgIpc) is 2.68. The van der Waals surface area contributed by atoms with Gasteiger partial charge in [-0.3, -0.25) is 4.79 Å². The number of rotatable bonds is 6. The number of carbonyl (C=O) groups is 1. The van der Waals surface area contributed by atoms with Crippen molar-refractivity contribution >= 4 is 17.4 Å². The molecule has 1 amide bonds. The second-order valence-electron chi connectivity index (χ2n) is 6.82. The molecule has 1 heterocycles. The van der Waals surface area contributed by atoms with Crippen LogP contribution in [-0.2, 0) is 6.54 Å². The van der Waals surface area contributed by atoms with Crippen molar-refractivity contribution in [2.45, 2.75) is 33.2 Å². The summed E-state index contributed by atoms with van der Waals surface area (Å²) >= 11 is 0. The second-order valence-corrected chi connectivity index (χ2v) is 6.82. The van der Waals surface area contributed by atoms with Crippen LogP contribution < -0.4 is 10.6 Å². The van der Waals surface area contributed by atoms with Crippen molar-refractivity contribution in [3.05, 3.63) is 83.3 Å². The van der Waals surface area contributed by atoms with Gasteiger partial charge < -0.3 is 10.6 Å². The maximum absolute atomic E-state index is 12.6. The minimum absolute atomic E-state index is 0.246. The molecule has 1 aromatic heterocycles. The Bertz CT molecular complexity index is 920. The number of para-hydroxylation sites is 1. The quantitative estimate of drug-likeness (QED) is 0.664. The Hall–Kier alpha value is -3.21. The van der Waals surface area contributed by atoms with E-state index in [1.165, 1.54) is 11.9 Å². The molecule has 0 aliphatic heterocycles. The molecule has 0 saturated carbocycles. The number of carbonyl (C=O) groups excluding carboxylic acids is 1. The van der Waals surface area contributed by atoms with Crippen LogP contribution in [0, 0.1) is 6.92 Å². The van der Waals surface area contributed by atoms with Gasteiger partial charge >= 0.3 is 0 Å². The number of benzene rings is 2. The molecule has 0 radical (unpaired) electrons. The molecule has 138 valence electrons. The van der Waals surface area contributed by atoms with Crippen molar-refractivity contribution in [2.24, 2.45) is 0 Å². The van der Waals surface area contributed by atoms with Crippen LogP contribution in [0.15, 0.2) is 60.9 Å². The van der Waals surface area contributed by atoms with E-state index in [-0.39, 0.29) is 5.91 Å². The smallest absolute Gasteiger partial charge is 0.274 e. The number of nitrogens with one attached hydrogen (secondary N) is 2. The largest absolute Gasteiger partial charge is 0.366 e. The van der Waals surface area contributed by atoms with Gasteiger partial charge in [0.2, 0.25) is 0 Å². The maximum atomic E-state index is 12.6. The van der Waals surface area contributed by atoms with Crippen molar-refractivity contribution in [1.29, 1.82) is 0 Å². The molecule has 0 spiro atoms. The molecular formula is C22H24N4O. The normalized spacial score (nSPS) is 10.7. The van der Waals surface area contributed by atoms with Crippen LogP contribution in [0.1, 0.15) is 46.9 Å². The van der Waals surface area contributed by atoms with Crippen LogP contribution in [0.4, 0.5) is 11.5 Å². The van der Waals surface area contributed by atoms with Crippen molar-refractivity contribution in [2.75, 3.05) is 10.6 Å². The minimum atomic E-state index is -0.246. The van der Waals surface area contributed by atoms with Gasteiger partial charge in [-0.2, -0.15) is 0 Å². The lowest BCUT2D eigenvalue weighted by Gasteiger charge is -2.13. The summed E-state index contributed by atoms with van der Waals surface area (Å²) in [5.74, 6) is 0.690. The van der Waals surface area contributed by atoms with Crippen molar-refractivity contribution in [3.63, 3.8) is 0 Å². The first-order valence-electron chi connectivity index (χ1n) is 9.04. The van der Waals surface area contributed by atoms with Crippen molar-refractivity contribution < 1.29 is 4.79 Å². The number of aryl methyl sites for hydroxylation is 1. The fourth-order valence-corrected chi connectivity index (χ4v) is 2.78. The molecule has 0 aliphatic carbocycles. The Morgan fingerprint density at radius 1 is 1.04 bits per heavy atom. The molecule has 0 fully saturated rings. The standard InChI is InChI=1S/C22H24N4O/c1-15(2)18-6-4-5-7-19(18)26-22(27)20-12-21(25-14-24-20)23-13-17-10-8-16(3)9-11-17/h4-12,14-15H,13H2,1-3H3,(H,26,27)(H,23,24,25). The molecule has 0 unspecified atom stereocenters. The van der Waals surface area contributed by atoms with E-state index >= 15 is 0 Å². The number of nitrogens with zero attached hydrogens (tertiary/aromatic N) is 2. The summed E-state index contributed by atoms with van der Waals surface area (Å²) in [6, 6.07) is 17.8. The van der Waals surface area contributed by atoms with Gasteiger partial charge in [0.25, 0.3) is 5.91 Å². The molecule has 5 heteroatoms. The third-order valence-electron chi connectivity index (χ3n) is 4.32. The predicted molar refractivity (Wildman–Crippen MR) is 109 cm³/mol. The van der Waals surface area contributed by atoms with E-state index < -0.39 is 0 Å². The van der Waals surface area contributed by atoms with Crippen LogP contribution in [-0.4, -0.2) is 15.9 Å². The SMILES string of the molecule is Cc1ccc(CNc2cc(C(=O)Nc3ccccc3C(C)C)ncn2)cc1. The fraction of sp³-hybridized carbons (Fsp3) is 0.227. The Labute approximate surface area is 159 Å². The minimum Gasteiger partial charge on any atom is -0.366 e. The van der Waals surface area contributed by atoms with E-state index in [4.69, 9.17) is 0 Å².